The van der Waals surface area contributed by atoms with E-state index in [0.717, 1.165) is 29.4 Å². The van der Waals surface area contributed by atoms with Gasteiger partial charge < -0.3 is 5.11 Å². The molecular weight excluding hydrogens is 312 g/mol. The van der Waals surface area contributed by atoms with E-state index in [1.807, 2.05) is 7.05 Å². The Balaban J connectivity index is 1.98. The minimum Gasteiger partial charge on any atom is -0.386 e. The number of nitrogens with zero attached hydrogens (tertiary/aromatic N) is 2. The third-order valence-electron chi connectivity index (χ3n) is 3.70. The Morgan fingerprint density at radius 3 is 3.17 bits per heavy atom. The van der Waals surface area contributed by atoms with E-state index in [-0.39, 0.29) is 5.92 Å². The fourth-order valence-electron chi connectivity index (χ4n) is 2.79. The maximum atomic E-state index is 10.7. The molecule has 96 valence electrons. The van der Waals surface area contributed by atoms with Crippen LogP contribution < -0.4 is 0 Å². The number of aromatic nitrogens is 2. The molecule has 3 nitrogen and oxygen atoms in total. The van der Waals surface area contributed by atoms with E-state index in [4.69, 9.17) is 0 Å². The van der Waals surface area contributed by atoms with Crippen LogP contribution >= 0.6 is 27.3 Å². The van der Waals surface area contributed by atoms with Gasteiger partial charge in [-0.2, -0.15) is 5.10 Å². The summed E-state index contributed by atoms with van der Waals surface area (Å²) < 4.78 is 2.65. The number of halogens is 1. The van der Waals surface area contributed by atoms with Gasteiger partial charge in [0.1, 0.15) is 6.10 Å². The fourth-order valence-corrected chi connectivity index (χ4v) is 4.37. The predicted molar refractivity (Wildman–Crippen MR) is 75.9 cm³/mol. The molecule has 0 aliphatic heterocycles. The molecule has 1 aliphatic rings. The molecule has 0 aromatic carbocycles. The van der Waals surface area contributed by atoms with Crippen LogP contribution in [0.4, 0.5) is 0 Å². The van der Waals surface area contributed by atoms with Crippen LogP contribution in [0.1, 0.15) is 41.0 Å². The third kappa shape index (κ3) is 1.94. The van der Waals surface area contributed by atoms with Crippen LogP contribution in [0.25, 0.3) is 0 Å². The summed E-state index contributed by atoms with van der Waals surface area (Å²) in [5.74, 6) is 0.201. The molecule has 0 saturated carbocycles. The molecule has 2 heterocycles. The number of aliphatic hydroxyl groups excluding tert-OH is 1. The van der Waals surface area contributed by atoms with Gasteiger partial charge in [0, 0.05) is 17.8 Å². The largest absolute Gasteiger partial charge is 0.386 e. The van der Waals surface area contributed by atoms with Crippen molar-refractivity contribution in [2.45, 2.75) is 31.3 Å². The summed E-state index contributed by atoms with van der Waals surface area (Å²) in [6.45, 7) is 0. The van der Waals surface area contributed by atoms with E-state index in [1.54, 1.807) is 22.2 Å². The Labute approximate surface area is 119 Å². The molecule has 0 radical (unpaired) electrons. The normalized spacial score (nSPS) is 20.7. The minimum atomic E-state index is -0.486. The summed E-state index contributed by atoms with van der Waals surface area (Å²) >= 11 is 5.28. The number of hydrogen-bond donors (Lipinski definition) is 1. The number of rotatable bonds is 2. The Morgan fingerprint density at radius 2 is 2.44 bits per heavy atom. The lowest BCUT2D eigenvalue weighted by Gasteiger charge is -2.27. The molecule has 2 unspecified atom stereocenters. The number of hydrogen-bond acceptors (Lipinski definition) is 3. The molecule has 0 fully saturated rings. The van der Waals surface area contributed by atoms with Crippen LogP contribution in [-0.4, -0.2) is 14.9 Å². The van der Waals surface area contributed by atoms with Crippen molar-refractivity contribution in [2.24, 2.45) is 7.05 Å². The van der Waals surface area contributed by atoms with Gasteiger partial charge in [0.05, 0.1) is 16.4 Å². The van der Waals surface area contributed by atoms with Gasteiger partial charge >= 0.3 is 0 Å². The molecule has 0 amide bonds. The summed E-state index contributed by atoms with van der Waals surface area (Å²) in [5, 5.41) is 17.0. The van der Waals surface area contributed by atoms with E-state index in [2.05, 4.69) is 32.5 Å². The van der Waals surface area contributed by atoms with Crippen molar-refractivity contribution in [3.05, 3.63) is 38.3 Å². The number of aliphatic hydroxyl groups is 1. The summed E-state index contributed by atoms with van der Waals surface area (Å²) in [7, 11) is 1.88. The van der Waals surface area contributed by atoms with Gasteiger partial charge in [-0.05, 0) is 52.2 Å². The van der Waals surface area contributed by atoms with Crippen molar-refractivity contribution in [3.8, 4) is 0 Å². The summed E-state index contributed by atoms with van der Waals surface area (Å²) in [6.07, 6.45) is 4.62. The lowest BCUT2D eigenvalue weighted by molar-refractivity contribution is 0.127. The predicted octanol–water partition coefficient (Wildman–Crippen LogP) is 3.40. The lowest BCUT2D eigenvalue weighted by Crippen LogP contribution is -2.18. The standard InChI is InChI=1S/C13H15BrN2OS/c1-16-12(10(14)7-15-16)13(17)9-3-2-4-11-8(9)5-6-18-11/h5-7,9,13,17H,2-4H2,1H3. The molecule has 0 saturated heterocycles. The van der Waals surface area contributed by atoms with Crippen molar-refractivity contribution in [1.82, 2.24) is 9.78 Å². The highest BCUT2D eigenvalue weighted by atomic mass is 79.9. The lowest BCUT2D eigenvalue weighted by atomic mass is 9.83. The zero-order chi connectivity index (χ0) is 12.7. The van der Waals surface area contributed by atoms with Crippen LogP contribution in [-0.2, 0) is 13.5 Å². The van der Waals surface area contributed by atoms with Crippen LogP contribution in [0.15, 0.2) is 22.1 Å². The van der Waals surface area contributed by atoms with E-state index in [0.29, 0.717) is 0 Å². The van der Waals surface area contributed by atoms with Crippen LogP contribution in [0.3, 0.4) is 0 Å². The van der Waals surface area contributed by atoms with E-state index >= 15 is 0 Å². The second-order valence-electron chi connectivity index (χ2n) is 4.74. The Kier molecular flexibility index (Phi) is 3.30. The van der Waals surface area contributed by atoms with Crippen LogP contribution in [0.5, 0.6) is 0 Å². The molecule has 5 heteroatoms. The first-order valence-corrected chi connectivity index (χ1v) is 7.77. The number of aryl methyl sites for hydroxylation is 2. The molecule has 18 heavy (non-hydrogen) atoms. The second kappa shape index (κ2) is 4.79. The van der Waals surface area contributed by atoms with Gasteiger partial charge in [0.2, 0.25) is 0 Å². The zero-order valence-corrected chi connectivity index (χ0v) is 12.5. The van der Waals surface area contributed by atoms with E-state index in [1.165, 1.54) is 10.4 Å². The van der Waals surface area contributed by atoms with Gasteiger partial charge in [-0.15, -0.1) is 11.3 Å². The first kappa shape index (κ1) is 12.4. The monoisotopic (exact) mass is 326 g/mol. The second-order valence-corrected chi connectivity index (χ2v) is 6.60. The molecule has 2 atom stereocenters. The van der Waals surface area contributed by atoms with Gasteiger partial charge in [0.25, 0.3) is 0 Å². The molecule has 0 spiro atoms. The maximum absolute atomic E-state index is 10.7. The highest BCUT2D eigenvalue weighted by Gasteiger charge is 2.31. The Hall–Kier alpha value is -0.650. The quantitative estimate of drug-likeness (QED) is 0.918. The van der Waals surface area contributed by atoms with Gasteiger partial charge in [-0.1, -0.05) is 0 Å². The minimum absolute atomic E-state index is 0.201. The topological polar surface area (TPSA) is 38.0 Å². The molecule has 3 rings (SSSR count). The third-order valence-corrected chi connectivity index (χ3v) is 5.30. The number of fused-ring (bicyclic) bond motifs is 1. The first-order valence-electron chi connectivity index (χ1n) is 6.10. The summed E-state index contributed by atoms with van der Waals surface area (Å²) in [6, 6.07) is 2.16. The summed E-state index contributed by atoms with van der Waals surface area (Å²) in [5.41, 5.74) is 2.20. The van der Waals surface area contributed by atoms with Gasteiger partial charge in [-0.25, -0.2) is 0 Å². The summed E-state index contributed by atoms with van der Waals surface area (Å²) in [4.78, 5) is 1.43. The Morgan fingerprint density at radius 1 is 1.61 bits per heavy atom. The first-order chi connectivity index (χ1) is 8.68. The van der Waals surface area contributed by atoms with Crippen LogP contribution in [0, 0.1) is 0 Å². The average molecular weight is 327 g/mol. The van der Waals surface area contributed by atoms with Crippen LogP contribution in [0.2, 0.25) is 0 Å². The highest BCUT2D eigenvalue weighted by molar-refractivity contribution is 9.10. The smallest absolute Gasteiger partial charge is 0.104 e. The maximum Gasteiger partial charge on any atom is 0.104 e. The average Bonchev–Trinajstić information content (AvgIpc) is 2.95. The van der Waals surface area contributed by atoms with Crippen molar-refractivity contribution in [3.63, 3.8) is 0 Å². The fraction of sp³-hybridized carbons (Fsp3) is 0.462. The van der Waals surface area contributed by atoms with Crippen molar-refractivity contribution in [1.29, 1.82) is 0 Å². The van der Waals surface area contributed by atoms with Crippen molar-refractivity contribution in [2.75, 3.05) is 0 Å². The van der Waals surface area contributed by atoms with Crippen molar-refractivity contribution >= 4 is 27.3 Å². The molecule has 0 bridgehead atoms. The van der Waals surface area contributed by atoms with E-state index < -0.39 is 6.10 Å². The molecular formula is C13H15BrN2OS. The molecule has 2 aromatic rings. The SMILES string of the molecule is Cn1ncc(Br)c1C(O)C1CCCc2sccc21. The molecule has 1 N–H and O–H groups in total. The van der Waals surface area contributed by atoms with E-state index in [9.17, 15) is 5.11 Å². The zero-order valence-electron chi connectivity index (χ0n) is 10.1. The molecule has 2 aromatic heterocycles. The van der Waals surface area contributed by atoms with Crippen molar-refractivity contribution < 1.29 is 5.11 Å². The number of thiophene rings is 1. The van der Waals surface area contributed by atoms with Gasteiger partial charge in [-0.3, -0.25) is 4.68 Å². The Bertz CT molecular complexity index is 544. The highest BCUT2D eigenvalue weighted by Crippen LogP contribution is 2.43. The molecule has 1 aliphatic carbocycles. The van der Waals surface area contributed by atoms with Gasteiger partial charge in [0.15, 0.2) is 0 Å².